The lowest BCUT2D eigenvalue weighted by molar-refractivity contribution is 0.119. The van der Waals surface area contributed by atoms with Gasteiger partial charge < -0.3 is 25.2 Å². The molecule has 0 fully saturated rings. The summed E-state index contributed by atoms with van der Waals surface area (Å²) < 4.78 is 23.9. The van der Waals surface area contributed by atoms with Gasteiger partial charge in [-0.2, -0.15) is 0 Å². The fraction of sp³-hybridized carbons (Fsp3) is 0.227. The Kier molecular flexibility index (Phi) is 8.22. The molecular weight excluding hydrogens is 453 g/mol. The smallest absolute Gasteiger partial charge is 0.412 e. The van der Waals surface area contributed by atoms with Gasteiger partial charge in [-0.3, -0.25) is 5.32 Å². The van der Waals surface area contributed by atoms with Gasteiger partial charge in [-0.15, -0.1) is 0 Å². The molecule has 0 unspecified atom stereocenters. The number of ether oxygens (including phenoxy) is 1. The van der Waals surface area contributed by atoms with Gasteiger partial charge in [0.1, 0.15) is 12.4 Å². The molecule has 174 valence electrons. The van der Waals surface area contributed by atoms with Crippen molar-refractivity contribution in [3.63, 3.8) is 0 Å². The lowest BCUT2D eigenvalue weighted by Gasteiger charge is -2.27. The van der Waals surface area contributed by atoms with Gasteiger partial charge >= 0.3 is 12.1 Å². The molecule has 1 aromatic heterocycles. The van der Waals surface area contributed by atoms with Gasteiger partial charge in [-0.25, -0.2) is 14.0 Å². The van der Waals surface area contributed by atoms with Crippen molar-refractivity contribution in [1.29, 1.82) is 0 Å². The average Bonchev–Trinajstić information content (AvgIpc) is 3.29. The maximum absolute atomic E-state index is 13.5. The zero-order valence-electron chi connectivity index (χ0n) is 17.8. The fourth-order valence-electron chi connectivity index (χ4n) is 2.87. The summed E-state index contributed by atoms with van der Waals surface area (Å²) in [5.41, 5.74) is 6.98. The topological polar surface area (TPSA) is 123 Å². The Bertz CT molecular complexity index is 1100. The van der Waals surface area contributed by atoms with Crippen LogP contribution in [0.2, 0.25) is 5.02 Å². The average molecular weight is 476 g/mol. The summed E-state index contributed by atoms with van der Waals surface area (Å²) >= 11 is 5.90. The molecule has 3 rings (SSSR count). The normalized spacial score (nSPS) is 11.5. The zero-order valence-corrected chi connectivity index (χ0v) is 18.5. The third kappa shape index (κ3) is 6.43. The molecule has 0 spiro atoms. The second-order valence-electron chi connectivity index (χ2n) is 7.04. The number of rotatable bonds is 8. The number of nitrogens with two attached hydrogens (primary N) is 1. The number of aromatic nitrogens is 1. The number of nitrogens with zero attached hydrogens (tertiary/aromatic N) is 2. The van der Waals surface area contributed by atoms with E-state index >= 15 is 0 Å². The van der Waals surface area contributed by atoms with Crippen LogP contribution in [0.15, 0.2) is 59.1 Å². The van der Waals surface area contributed by atoms with E-state index in [4.69, 9.17) is 26.6 Å². The monoisotopic (exact) mass is 475 g/mol. The maximum atomic E-state index is 13.5. The van der Waals surface area contributed by atoms with Crippen LogP contribution in [-0.4, -0.2) is 48.4 Å². The van der Waals surface area contributed by atoms with E-state index in [1.165, 1.54) is 24.1 Å². The van der Waals surface area contributed by atoms with Crippen molar-refractivity contribution < 1.29 is 23.2 Å². The van der Waals surface area contributed by atoms with E-state index in [0.717, 1.165) is 5.56 Å². The van der Waals surface area contributed by atoms with Gasteiger partial charge in [0.25, 0.3) is 0 Å². The molecule has 9 nitrogen and oxygen atoms in total. The highest BCUT2D eigenvalue weighted by Crippen LogP contribution is 2.22. The molecule has 1 atom stereocenters. The molecule has 3 aromatic rings. The summed E-state index contributed by atoms with van der Waals surface area (Å²) in [5.74, 6) is 0.0979. The molecule has 3 amide bonds. The van der Waals surface area contributed by atoms with Crippen LogP contribution in [0.5, 0.6) is 0 Å². The lowest BCUT2D eigenvalue weighted by Crippen LogP contribution is -2.49. The molecule has 0 aliphatic carbocycles. The van der Waals surface area contributed by atoms with Gasteiger partial charge in [0.15, 0.2) is 11.6 Å². The zero-order chi connectivity index (χ0) is 23.8. The van der Waals surface area contributed by atoms with Crippen molar-refractivity contribution in [2.45, 2.75) is 12.6 Å². The molecule has 0 aliphatic heterocycles. The van der Waals surface area contributed by atoms with Crippen LogP contribution in [0.3, 0.4) is 0 Å². The number of urea groups is 1. The van der Waals surface area contributed by atoms with Crippen molar-refractivity contribution in [3.8, 4) is 11.3 Å². The molecular formula is C22H23ClFN5O4. The van der Waals surface area contributed by atoms with E-state index in [9.17, 15) is 14.0 Å². The number of halogens is 2. The number of benzene rings is 2. The largest absolute Gasteiger partial charge is 0.447 e. The Morgan fingerprint density at radius 3 is 2.73 bits per heavy atom. The Morgan fingerprint density at radius 1 is 1.24 bits per heavy atom. The Balaban J connectivity index is 1.48. The summed E-state index contributed by atoms with van der Waals surface area (Å²) in [7, 11) is 1.51. The number of hydrogen-bond donors (Lipinski definition) is 3. The second-order valence-corrected chi connectivity index (χ2v) is 7.42. The van der Waals surface area contributed by atoms with E-state index in [1.807, 2.05) is 30.3 Å². The minimum Gasteiger partial charge on any atom is -0.447 e. The van der Waals surface area contributed by atoms with Gasteiger partial charge in [-0.05, 0) is 11.6 Å². The molecule has 2 aromatic carbocycles. The number of likely N-dealkylation sites (N-methyl/N-ethyl adjacent to an activating group) is 1. The van der Waals surface area contributed by atoms with Crippen LogP contribution in [0.25, 0.3) is 11.3 Å². The van der Waals surface area contributed by atoms with Crippen molar-refractivity contribution in [2.75, 3.05) is 25.5 Å². The third-order valence-corrected chi connectivity index (χ3v) is 5.23. The predicted octanol–water partition coefficient (Wildman–Crippen LogP) is 3.85. The summed E-state index contributed by atoms with van der Waals surface area (Å²) in [5, 5.41) is 8.82. The number of amides is 3. The lowest BCUT2D eigenvalue weighted by atomic mass is 10.2. The summed E-state index contributed by atoms with van der Waals surface area (Å²) in [6.07, 6.45) is -0.776. The standard InChI is InChI=1S/C22H23ClFN5O4/c1-29(21(30)26-12-15-8-5-9-17(24)20(15)23)16(11-25)13-32-22(31)27-19-10-18(33-28-19)14-6-3-2-4-7-14/h2-10,16H,11-13,25H2,1H3,(H,26,30)(H,27,28,31)/t16-/m0/s1. The molecule has 11 heteroatoms. The molecule has 0 saturated heterocycles. The van der Waals surface area contributed by atoms with Crippen LogP contribution < -0.4 is 16.4 Å². The Morgan fingerprint density at radius 2 is 2.00 bits per heavy atom. The molecule has 0 radical (unpaired) electrons. The number of hydrogen-bond acceptors (Lipinski definition) is 6. The first-order chi connectivity index (χ1) is 15.9. The van der Waals surface area contributed by atoms with Gasteiger partial charge in [0.2, 0.25) is 0 Å². The van der Waals surface area contributed by atoms with Crippen LogP contribution >= 0.6 is 11.6 Å². The maximum Gasteiger partial charge on any atom is 0.412 e. The Hall–Kier alpha value is -3.63. The summed E-state index contributed by atoms with van der Waals surface area (Å²) in [6.45, 7) is -0.0925. The van der Waals surface area contributed by atoms with Crippen molar-refractivity contribution in [1.82, 2.24) is 15.4 Å². The molecule has 4 N–H and O–H groups in total. The molecule has 0 aliphatic rings. The van der Waals surface area contributed by atoms with E-state index in [0.29, 0.717) is 11.3 Å². The van der Waals surface area contributed by atoms with E-state index < -0.39 is 24.0 Å². The first-order valence-electron chi connectivity index (χ1n) is 9.98. The number of nitrogens with one attached hydrogen (secondary N) is 2. The number of carbonyl (C=O) groups excluding carboxylic acids is 2. The Labute approximate surface area is 194 Å². The highest BCUT2D eigenvalue weighted by atomic mass is 35.5. The predicted molar refractivity (Wildman–Crippen MR) is 121 cm³/mol. The number of anilines is 1. The van der Waals surface area contributed by atoms with Crippen LogP contribution in [-0.2, 0) is 11.3 Å². The van der Waals surface area contributed by atoms with Gasteiger partial charge in [0.05, 0.1) is 11.1 Å². The molecule has 0 saturated carbocycles. The van der Waals surface area contributed by atoms with Crippen molar-refractivity contribution >= 4 is 29.5 Å². The number of carbonyl (C=O) groups is 2. The summed E-state index contributed by atoms with van der Waals surface area (Å²) in [6, 6.07) is 14.1. The first kappa shape index (κ1) is 24.0. The first-order valence-corrected chi connectivity index (χ1v) is 10.4. The van der Waals surface area contributed by atoms with Crippen LogP contribution in [0, 0.1) is 5.82 Å². The van der Waals surface area contributed by atoms with Crippen molar-refractivity contribution in [2.24, 2.45) is 5.73 Å². The molecule has 0 bridgehead atoms. The van der Waals surface area contributed by atoms with Crippen molar-refractivity contribution in [3.05, 3.63) is 71.0 Å². The van der Waals surface area contributed by atoms with Crippen LogP contribution in [0.1, 0.15) is 5.56 Å². The SMILES string of the molecule is CN(C(=O)NCc1cccc(F)c1Cl)[C@@H](CN)COC(=O)Nc1cc(-c2ccccc2)on1. The highest BCUT2D eigenvalue weighted by molar-refractivity contribution is 6.31. The van der Waals surface area contributed by atoms with Crippen LogP contribution in [0.4, 0.5) is 19.8 Å². The molecule has 33 heavy (non-hydrogen) atoms. The second kappa shape index (κ2) is 11.3. The van der Waals surface area contributed by atoms with E-state index in [-0.39, 0.29) is 30.5 Å². The van der Waals surface area contributed by atoms with Gasteiger partial charge in [-0.1, -0.05) is 59.2 Å². The van der Waals surface area contributed by atoms with E-state index in [1.54, 1.807) is 12.1 Å². The van der Waals surface area contributed by atoms with E-state index in [2.05, 4.69) is 15.8 Å². The van der Waals surface area contributed by atoms with Gasteiger partial charge in [0, 0.05) is 31.8 Å². The highest BCUT2D eigenvalue weighted by Gasteiger charge is 2.21. The molecule has 1 heterocycles. The minimum atomic E-state index is -0.776. The minimum absolute atomic E-state index is 0.0221. The fourth-order valence-corrected chi connectivity index (χ4v) is 3.06. The summed E-state index contributed by atoms with van der Waals surface area (Å²) in [4.78, 5) is 25.9. The quantitative estimate of drug-likeness (QED) is 0.454. The third-order valence-electron chi connectivity index (χ3n) is 4.81.